The number of hydrogen-bond donors (Lipinski definition) is 1. The van der Waals surface area contributed by atoms with E-state index in [-0.39, 0.29) is 0 Å². The Hall–Kier alpha value is -0.520. The number of ether oxygens (including phenoxy) is 1. The van der Waals surface area contributed by atoms with Crippen LogP contribution in [0.3, 0.4) is 0 Å². The van der Waals surface area contributed by atoms with Gasteiger partial charge >= 0.3 is 5.97 Å². The molecule has 1 aromatic heterocycles. The molecule has 82 valence electrons. The van der Waals surface area contributed by atoms with E-state index in [2.05, 4.69) is 0 Å². The van der Waals surface area contributed by atoms with Gasteiger partial charge in [0.25, 0.3) is 0 Å². The van der Waals surface area contributed by atoms with Gasteiger partial charge in [-0.2, -0.15) is 11.8 Å². The lowest BCUT2D eigenvalue weighted by atomic mass is 10.0. The molecule has 0 amide bonds. The fourth-order valence-electron chi connectivity index (χ4n) is 1.49. The van der Waals surface area contributed by atoms with Gasteiger partial charge in [-0.15, -0.1) is 11.3 Å². The van der Waals surface area contributed by atoms with Crippen molar-refractivity contribution < 1.29 is 14.6 Å². The molecule has 1 N–H and O–H groups in total. The molecule has 0 aromatic carbocycles. The first-order valence-electron chi connectivity index (χ1n) is 4.70. The van der Waals surface area contributed by atoms with Gasteiger partial charge < -0.3 is 9.84 Å². The van der Waals surface area contributed by atoms with Crippen molar-refractivity contribution in [3.63, 3.8) is 0 Å². The Bertz CT molecular complexity index is 328. The lowest BCUT2D eigenvalue weighted by Gasteiger charge is -2.23. The lowest BCUT2D eigenvalue weighted by molar-refractivity contribution is -0.163. The van der Waals surface area contributed by atoms with Crippen LogP contribution < -0.4 is 0 Å². The van der Waals surface area contributed by atoms with E-state index in [0.29, 0.717) is 18.8 Å². The van der Waals surface area contributed by atoms with E-state index in [1.807, 2.05) is 17.5 Å². The summed E-state index contributed by atoms with van der Waals surface area (Å²) in [5.41, 5.74) is -0.950. The zero-order chi connectivity index (χ0) is 10.7. The minimum atomic E-state index is -0.950. The molecule has 0 radical (unpaired) electrons. The molecule has 0 spiro atoms. The Morgan fingerprint density at radius 1 is 1.67 bits per heavy atom. The minimum absolute atomic E-state index is 0.407. The van der Waals surface area contributed by atoms with E-state index < -0.39 is 11.6 Å². The zero-order valence-corrected chi connectivity index (χ0v) is 9.77. The Morgan fingerprint density at radius 2 is 2.53 bits per heavy atom. The first-order valence-corrected chi connectivity index (χ1v) is 6.74. The van der Waals surface area contributed by atoms with Crippen LogP contribution in [0.2, 0.25) is 0 Å². The molecule has 1 atom stereocenters. The summed E-state index contributed by atoms with van der Waals surface area (Å²) in [6.45, 7) is 0.407. The zero-order valence-electron chi connectivity index (χ0n) is 8.14. The molecular formula is C10H12O3S2. The molecule has 1 aromatic rings. The van der Waals surface area contributed by atoms with E-state index in [1.165, 1.54) is 0 Å². The molecule has 0 saturated carbocycles. The van der Waals surface area contributed by atoms with Gasteiger partial charge in [0.05, 0.1) is 6.61 Å². The van der Waals surface area contributed by atoms with Gasteiger partial charge in [-0.25, -0.2) is 4.79 Å². The van der Waals surface area contributed by atoms with Crippen LogP contribution in [0.25, 0.3) is 0 Å². The molecular weight excluding hydrogens is 232 g/mol. The van der Waals surface area contributed by atoms with Crippen LogP contribution in [0.4, 0.5) is 0 Å². The maximum Gasteiger partial charge on any atom is 0.336 e. The number of hydrogen-bond acceptors (Lipinski definition) is 4. The summed E-state index contributed by atoms with van der Waals surface area (Å²) in [7, 11) is 0. The second-order valence-corrected chi connectivity index (χ2v) is 5.61. The van der Waals surface area contributed by atoms with Gasteiger partial charge in [0.15, 0.2) is 5.60 Å². The van der Waals surface area contributed by atoms with Crippen molar-refractivity contribution in [3.05, 3.63) is 22.4 Å². The smallest absolute Gasteiger partial charge is 0.336 e. The van der Waals surface area contributed by atoms with Crippen LogP contribution in [-0.4, -0.2) is 28.2 Å². The van der Waals surface area contributed by atoms with Crippen molar-refractivity contribution >= 4 is 29.1 Å². The summed E-state index contributed by atoms with van der Waals surface area (Å²) in [6.07, 6.45) is 0.609. The van der Waals surface area contributed by atoms with Crippen molar-refractivity contribution in [2.45, 2.75) is 18.6 Å². The highest BCUT2D eigenvalue weighted by atomic mass is 32.2. The third kappa shape index (κ3) is 2.35. The second kappa shape index (κ2) is 4.55. The maximum atomic E-state index is 11.1. The number of carboxylic acid groups (broad SMARTS) is 1. The molecule has 1 unspecified atom stereocenters. The maximum absolute atomic E-state index is 11.1. The van der Waals surface area contributed by atoms with Crippen LogP contribution >= 0.6 is 23.1 Å². The van der Waals surface area contributed by atoms with Gasteiger partial charge in [-0.1, -0.05) is 6.07 Å². The largest absolute Gasteiger partial charge is 0.479 e. The van der Waals surface area contributed by atoms with Crippen molar-refractivity contribution in [1.82, 2.24) is 0 Å². The third-order valence-electron chi connectivity index (χ3n) is 2.45. The summed E-state index contributed by atoms with van der Waals surface area (Å²) in [4.78, 5) is 12.2. The molecule has 0 bridgehead atoms. The molecule has 1 saturated heterocycles. The highest BCUT2D eigenvalue weighted by molar-refractivity contribution is 7.99. The van der Waals surface area contributed by atoms with Crippen LogP contribution in [-0.2, 0) is 16.1 Å². The van der Waals surface area contributed by atoms with E-state index in [1.54, 1.807) is 23.1 Å². The van der Waals surface area contributed by atoms with Crippen LogP contribution in [0, 0.1) is 0 Å². The molecule has 5 heteroatoms. The number of rotatable bonds is 4. The highest BCUT2D eigenvalue weighted by Gasteiger charge is 2.43. The van der Waals surface area contributed by atoms with Crippen molar-refractivity contribution in [1.29, 1.82) is 0 Å². The van der Waals surface area contributed by atoms with Crippen molar-refractivity contribution in [2.24, 2.45) is 0 Å². The first-order chi connectivity index (χ1) is 7.23. The number of thiophene rings is 1. The summed E-state index contributed by atoms with van der Waals surface area (Å²) >= 11 is 3.24. The predicted octanol–water partition coefficient (Wildman–Crippen LogP) is 2.22. The summed E-state index contributed by atoms with van der Waals surface area (Å²) in [6, 6.07) is 3.91. The summed E-state index contributed by atoms with van der Waals surface area (Å²) in [5.74, 6) is 0.605. The van der Waals surface area contributed by atoms with Gasteiger partial charge in [0, 0.05) is 10.6 Å². The van der Waals surface area contributed by atoms with Crippen molar-refractivity contribution in [2.75, 3.05) is 11.5 Å². The molecule has 0 aliphatic carbocycles. The van der Waals surface area contributed by atoms with E-state index in [9.17, 15) is 4.79 Å². The predicted molar refractivity (Wildman–Crippen MR) is 61.4 cm³/mol. The number of carboxylic acids is 1. The second-order valence-electron chi connectivity index (χ2n) is 3.47. The Balaban J connectivity index is 1.99. The average molecular weight is 244 g/mol. The standard InChI is InChI=1S/C10H12O3S2/c11-9(12)10(3-5-14-7-10)13-6-8-2-1-4-15-8/h1-2,4H,3,5-7H2,(H,11,12). The van der Waals surface area contributed by atoms with Crippen LogP contribution in [0.15, 0.2) is 17.5 Å². The van der Waals surface area contributed by atoms with E-state index >= 15 is 0 Å². The Morgan fingerprint density at radius 3 is 3.07 bits per heavy atom. The topological polar surface area (TPSA) is 46.5 Å². The van der Waals surface area contributed by atoms with E-state index in [4.69, 9.17) is 9.84 Å². The molecule has 1 aliphatic heterocycles. The molecule has 2 rings (SSSR count). The number of thioether (sulfide) groups is 1. The quantitative estimate of drug-likeness (QED) is 0.882. The van der Waals surface area contributed by atoms with Gasteiger partial charge in [-0.05, 0) is 23.6 Å². The summed E-state index contributed by atoms with van der Waals surface area (Å²) in [5, 5.41) is 11.1. The fourth-order valence-corrected chi connectivity index (χ4v) is 3.41. The van der Waals surface area contributed by atoms with E-state index in [0.717, 1.165) is 10.6 Å². The highest BCUT2D eigenvalue weighted by Crippen LogP contribution is 2.32. The molecule has 2 heterocycles. The first kappa shape index (κ1) is 11.0. The molecule has 15 heavy (non-hydrogen) atoms. The molecule has 3 nitrogen and oxygen atoms in total. The SMILES string of the molecule is O=C(O)C1(OCc2cccs2)CCSC1. The lowest BCUT2D eigenvalue weighted by Crippen LogP contribution is -2.41. The molecule has 1 fully saturated rings. The van der Waals surface area contributed by atoms with Gasteiger partial charge in [0.1, 0.15) is 0 Å². The van der Waals surface area contributed by atoms with Crippen LogP contribution in [0.1, 0.15) is 11.3 Å². The van der Waals surface area contributed by atoms with Crippen LogP contribution in [0.5, 0.6) is 0 Å². The van der Waals surface area contributed by atoms with Gasteiger partial charge in [-0.3, -0.25) is 0 Å². The molecule has 1 aliphatic rings. The number of aliphatic carboxylic acids is 1. The normalized spacial score (nSPS) is 25.6. The third-order valence-corrected chi connectivity index (χ3v) is 4.46. The summed E-state index contributed by atoms with van der Waals surface area (Å²) < 4.78 is 5.59. The van der Waals surface area contributed by atoms with Crippen molar-refractivity contribution in [3.8, 4) is 0 Å². The fraction of sp³-hybridized carbons (Fsp3) is 0.500. The minimum Gasteiger partial charge on any atom is -0.479 e. The Labute approximate surface area is 96.4 Å². The Kier molecular flexibility index (Phi) is 3.33. The average Bonchev–Trinajstić information content (AvgIpc) is 2.87. The van der Waals surface area contributed by atoms with Gasteiger partial charge in [0.2, 0.25) is 0 Å². The monoisotopic (exact) mass is 244 g/mol. The number of carbonyl (C=O) groups is 1.